The lowest BCUT2D eigenvalue weighted by molar-refractivity contribution is -0.157. The molecule has 1 fully saturated rings. The van der Waals surface area contributed by atoms with Crippen molar-refractivity contribution < 1.29 is 14.3 Å². The number of piperidine rings is 1. The molecule has 3 aromatic heterocycles. The highest BCUT2D eigenvalue weighted by molar-refractivity contribution is 5.98. The number of carbonyl (C=O) groups is 2. The van der Waals surface area contributed by atoms with Crippen LogP contribution in [0.4, 0.5) is 16.7 Å². The lowest BCUT2D eigenvalue weighted by atomic mass is 9.76. The van der Waals surface area contributed by atoms with Crippen LogP contribution in [0, 0.1) is 5.41 Å². The summed E-state index contributed by atoms with van der Waals surface area (Å²) >= 11 is 0. The summed E-state index contributed by atoms with van der Waals surface area (Å²) < 4.78 is 5.36. The summed E-state index contributed by atoms with van der Waals surface area (Å²) in [5.41, 5.74) is 4.32. The second kappa shape index (κ2) is 11.7. The van der Waals surface area contributed by atoms with Gasteiger partial charge in [0.15, 0.2) is 0 Å². The van der Waals surface area contributed by atoms with Crippen molar-refractivity contribution in [3.05, 3.63) is 48.9 Å². The Hall–Kier alpha value is -4.54. The van der Waals surface area contributed by atoms with Crippen LogP contribution in [0.25, 0.3) is 33.4 Å². The molecular weight excluding hydrogens is 508 g/mol. The second-order valence-corrected chi connectivity index (χ2v) is 9.82. The van der Waals surface area contributed by atoms with Crippen LogP contribution in [0.1, 0.15) is 40.0 Å². The first kappa shape index (κ1) is 27.0. The van der Waals surface area contributed by atoms with Gasteiger partial charge >= 0.3 is 12.0 Å². The van der Waals surface area contributed by atoms with Gasteiger partial charge in [0.1, 0.15) is 0 Å². The topological polar surface area (TPSA) is 138 Å². The Bertz CT molecular complexity index is 1480. The molecule has 1 aromatic carbocycles. The van der Waals surface area contributed by atoms with E-state index in [2.05, 4.69) is 40.5 Å². The minimum atomic E-state index is -0.432. The van der Waals surface area contributed by atoms with Crippen LogP contribution in [0.3, 0.4) is 0 Å². The Labute approximate surface area is 232 Å². The number of hydrogen-bond acceptors (Lipinski definition) is 8. The minimum absolute atomic E-state index is 0.101. The molecule has 1 aliphatic rings. The first-order chi connectivity index (χ1) is 19.5. The average molecular weight is 543 g/mol. The van der Waals surface area contributed by atoms with Gasteiger partial charge in [-0.1, -0.05) is 13.0 Å². The number of esters is 1. The predicted molar refractivity (Wildman–Crippen MR) is 154 cm³/mol. The molecule has 11 nitrogen and oxygen atoms in total. The highest BCUT2D eigenvalue weighted by Crippen LogP contribution is 2.37. The Morgan fingerprint density at radius 3 is 2.48 bits per heavy atom. The fraction of sp³-hybridized carbons (Fsp3) is 0.379. The zero-order valence-corrected chi connectivity index (χ0v) is 23.0. The van der Waals surface area contributed by atoms with Gasteiger partial charge in [-0.3, -0.25) is 15.1 Å². The molecule has 208 valence electrons. The van der Waals surface area contributed by atoms with Crippen LogP contribution in [-0.2, 0) is 9.53 Å². The van der Waals surface area contributed by atoms with Crippen LogP contribution in [0.2, 0.25) is 0 Å². The van der Waals surface area contributed by atoms with Crippen LogP contribution in [0.15, 0.2) is 48.9 Å². The third kappa shape index (κ3) is 5.45. The number of amides is 2. The Morgan fingerprint density at radius 2 is 1.82 bits per heavy atom. The molecule has 4 aromatic rings. The Kier molecular flexibility index (Phi) is 7.90. The fourth-order valence-corrected chi connectivity index (χ4v) is 5.13. The number of aromatic amines is 1. The van der Waals surface area contributed by atoms with Gasteiger partial charge in [0.2, 0.25) is 11.9 Å². The highest BCUT2D eigenvalue weighted by atomic mass is 16.5. The van der Waals surface area contributed by atoms with Gasteiger partial charge in [-0.05, 0) is 62.9 Å². The molecule has 0 bridgehead atoms. The normalized spacial score (nSPS) is 14.6. The molecule has 5 rings (SSSR count). The Balaban J connectivity index is 1.41. The van der Waals surface area contributed by atoms with Gasteiger partial charge in [0, 0.05) is 49.4 Å². The number of rotatable bonds is 8. The third-order valence-electron chi connectivity index (χ3n) is 7.46. The summed E-state index contributed by atoms with van der Waals surface area (Å²) in [5.74, 6) is 0.881. The van der Waals surface area contributed by atoms with E-state index in [4.69, 9.17) is 4.74 Å². The number of benzene rings is 1. The zero-order chi connectivity index (χ0) is 28.1. The molecule has 1 aliphatic heterocycles. The van der Waals surface area contributed by atoms with E-state index in [1.165, 1.54) is 0 Å². The summed E-state index contributed by atoms with van der Waals surface area (Å²) in [7, 11) is 0. The third-order valence-corrected chi connectivity index (χ3v) is 7.46. The summed E-state index contributed by atoms with van der Waals surface area (Å²) in [6.07, 6.45) is 7.54. The quantitative estimate of drug-likeness (QED) is 0.270. The molecule has 0 saturated carbocycles. The summed E-state index contributed by atoms with van der Waals surface area (Å²) in [4.78, 5) is 48.5. The largest absolute Gasteiger partial charge is 0.466 e. The number of aromatic nitrogens is 5. The van der Waals surface area contributed by atoms with Crippen LogP contribution in [-0.4, -0.2) is 63.2 Å². The number of hydrogen-bond donors (Lipinski definition) is 3. The van der Waals surface area contributed by atoms with Crippen molar-refractivity contribution in [1.82, 2.24) is 30.2 Å². The smallest absolute Gasteiger partial charge is 0.321 e. The predicted octanol–water partition coefficient (Wildman–Crippen LogP) is 4.78. The second-order valence-electron chi connectivity index (χ2n) is 9.82. The van der Waals surface area contributed by atoms with Crippen molar-refractivity contribution in [2.45, 2.75) is 40.0 Å². The molecule has 2 amide bonds. The molecule has 4 heterocycles. The van der Waals surface area contributed by atoms with Gasteiger partial charge in [-0.15, -0.1) is 0 Å². The Morgan fingerprint density at radius 1 is 1.05 bits per heavy atom. The number of nitrogens with zero attached hydrogens (tertiary/aromatic N) is 5. The van der Waals surface area contributed by atoms with Crippen molar-refractivity contribution in [3.63, 3.8) is 0 Å². The minimum Gasteiger partial charge on any atom is -0.466 e. The number of fused-ring (bicyclic) bond motifs is 1. The van der Waals surface area contributed by atoms with E-state index in [-0.39, 0.29) is 12.0 Å². The molecule has 40 heavy (non-hydrogen) atoms. The van der Waals surface area contributed by atoms with Crippen LogP contribution < -0.4 is 15.5 Å². The molecule has 0 aliphatic carbocycles. The molecule has 1 saturated heterocycles. The summed E-state index contributed by atoms with van der Waals surface area (Å²) in [6, 6.07) is 9.35. The van der Waals surface area contributed by atoms with Crippen molar-refractivity contribution in [2.75, 3.05) is 36.5 Å². The van der Waals surface area contributed by atoms with Crippen LogP contribution in [0.5, 0.6) is 0 Å². The van der Waals surface area contributed by atoms with E-state index in [1.54, 1.807) is 6.20 Å². The van der Waals surface area contributed by atoms with E-state index < -0.39 is 5.41 Å². The number of carbonyl (C=O) groups excluding carboxylic acids is 2. The van der Waals surface area contributed by atoms with Crippen molar-refractivity contribution >= 4 is 34.9 Å². The van der Waals surface area contributed by atoms with E-state index >= 15 is 0 Å². The van der Waals surface area contributed by atoms with Gasteiger partial charge in [0.25, 0.3) is 0 Å². The standard InChI is InChI=1S/C29H34N8O3/c1-4-29(25(38)40-6-3)10-13-37(14-11-29)27-32-17-20(18-33-27)19-15-21(22-9-7-8-12-31-22)24-23(16-19)34-26(35-24)36-28(39)30-5-2/h7-9,12,15-18H,4-6,10-11,13-14H2,1-3H3,(H3,30,34,35,36,39). The zero-order valence-electron chi connectivity index (χ0n) is 23.0. The van der Waals surface area contributed by atoms with Gasteiger partial charge in [0.05, 0.1) is 28.7 Å². The van der Waals surface area contributed by atoms with Crippen LogP contribution >= 0.6 is 0 Å². The molecule has 0 atom stereocenters. The summed E-state index contributed by atoms with van der Waals surface area (Å²) in [6.45, 7) is 8.03. The van der Waals surface area contributed by atoms with E-state index in [9.17, 15) is 9.59 Å². The van der Waals surface area contributed by atoms with Gasteiger partial charge < -0.3 is 19.9 Å². The number of pyridine rings is 1. The monoisotopic (exact) mass is 542 g/mol. The SMILES string of the molecule is CCNC(=O)Nc1nc2c(-c3ccccn3)cc(-c3cnc(N4CCC(CC)(C(=O)OCC)CC4)nc3)cc2[nH]1. The maximum absolute atomic E-state index is 12.6. The maximum atomic E-state index is 12.6. The first-order valence-electron chi connectivity index (χ1n) is 13.7. The molecule has 0 spiro atoms. The molecule has 0 radical (unpaired) electrons. The van der Waals surface area contributed by atoms with E-state index in [0.717, 1.165) is 34.3 Å². The van der Waals surface area contributed by atoms with E-state index in [0.29, 0.717) is 56.5 Å². The van der Waals surface area contributed by atoms with Crippen molar-refractivity contribution in [2.24, 2.45) is 5.41 Å². The number of anilines is 2. The number of nitrogens with one attached hydrogen (secondary N) is 3. The molecule has 3 N–H and O–H groups in total. The number of ether oxygens (including phenoxy) is 1. The number of urea groups is 1. The number of H-pyrrole nitrogens is 1. The van der Waals surface area contributed by atoms with Crippen molar-refractivity contribution in [3.8, 4) is 22.4 Å². The number of imidazole rings is 1. The van der Waals surface area contributed by atoms with E-state index in [1.807, 2.05) is 63.5 Å². The van der Waals surface area contributed by atoms with Gasteiger partial charge in [-0.2, -0.15) is 0 Å². The molecular formula is C29H34N8O3. The molecule has 0 unspecified atom stereocenters. The fourth-order valence-electron chi connectivity index (χ4n) is 5.13. The van der Waals surface area contributed by atoms with Crippen molar-refractivity contribution in [1.29, 1.82) is 0 Å². The van der Waals surface area contributed by atoms with Gasteiger partial charge in [-0.25, -0.2) is 19.7 Å². The lowest BCUT2D eigenvalue weighted by Crippen LogP contribution is -2.45. The first-order valence-corrected chi connectivity index (χ1v) is 13.7. The maximum Gasteiger partial charge on any atom is 0.321 e. The summed E-state index contributed by atoms with van der Waals surface area (Å²) in [5, 5.41) is 5.45. The lowest BCUT2D eigenvalue weighted by Gasteiger charge is -2.39. The highest BCUT2D eigenvalue weighted by Gasteiger charge is 2.41. The molecule has 11 heteroatoms. The average Bonchev–Trinajstić information content (AvgIpc) is 3.39.